The SMILES string of the molecule is CCOc1ccc2[nH]cc(NC(=O)/C(N)=C/N(C)N)c2c1.FC(F)(F)CN1C[C@H]2CCC[C@H]2C1. The number of benzene rings is 1. The minimum atomic E-state index is -4.02. The van der Waals surface area contributed by atoms with Crippen LogP contribution in [0.4, 0.5) is 18.9 Å². The number of hydrazine groups is 1. The molecule has 1 saturated heterocycles. The fourth-order valence-corrected chi connectivity index (χ4v) is 4.65. The molecule has 4 rings (SSSR count). The number of nitrogens with two attached hydrogens (primary N) is 2. The highest BCUT2D eigenvalue weighted by molar-refractivity contribution is 6.08. The number of fused-ring (bicyclic) bond motifs is 2. The topological polar surface area (TPSA) is 113 Å². The lowest BCUT2D eigenvalue weighted by Gasteiger charge is -2.18. The number of aromatic amines is 1. The molecule has 0 bridgehead atoms. The lowest BCUT2D eigenvalue weighted by atomic mass is 10.0. The summed E-state index contributed by atoms with van der Waals surface area (Å²) < 4.78 is 41.6. The molecule has 34 heavy (non-hydrogen) atoms. The highest BCUT2D eigenvalue weighted by atomic mass is 19.4. The molecule has 2 heterocycles. The Balaban J connectivity index is 0.000000212. The van der Waals surface area contributed by atoms with Gasteiger partial charge in [0, 0.05) is 43.4 Å². The molecule has 188 valence electrons. The Hall–Kier alpha value is -2.92. The smallest absolute Gasteiger partial charge is 0.401 e. The van der Waals surface area contributed by atoms with Crippen molar-refractivity contribution in [3.05, 3.63) is 36.3 Å². The third kappa shape index (κ3) is 7.04. The number of rotatable bonds is 6. The summed E-state index contributed by atoms with van der Waals surface area (Å²) in [5.74, 6) is 6.86. The second kappa shape index (κ2) is 11.0. The number of nitrogens with zero attached hydrogens (tertiary/aromatic N) is 2. The summed E-state index contributed by atoms with van der Waals surface area (Å²) in [4.78, 5) is 16.6. The Morgan fingerprint density at radius 1 is 1.32 bits per heavy atom. The number of alkyl halides is 3. The maximum Gasteiger partial charge on any atom is 0.401 e. The Bertz CT molecular complexity index is 992. The van der Waals surface area contributed by atoms with Gasteiger partial charge in [0.05, 0.1) is 18.8 Å². The fraction of sp³-hybridized carbons (Fsp3) is 0.522. The molecule has 1 amide bonds. The Kier molecular flexibility index (Phi) is 8.32. The van der Waals surface area contributed by atoms with E-state index in [9.17, 15) is 18.0 Å². The van der Waals surface area contributed by atoms with Gasteiger partial charge < -0.3 is 25.8 Å². The summed E-state index contributed by atoms with van der Waals surface area (Å²) in [5.41, 5.74) is 7.20. The van der Waals surface area contributed by atoms with Gasteiger partial charge in [-0.3, -0.25) is 9.69 Å². The van der Waals surface area contributed by atoms with Crippen LogP contribution in [0.15, 0.2) is 36.3 Å². The largest absolute Gasteiger partial charge is 0.494 e. The second-order valence-electron chi connectivity index (χ2n) is 8.81. The summed E-state index contributed by atoms with van der Waals surface area (Å²) in [6.45, 7) is 3.13. The molecule has 0 radical (unpaired) electrons. The van der Waals surface area contributed by atoms with Crippen LogP contribution in [-0.2, 0) is 4.79 Å². The number of carbonyl (C=O) groups is 1. The molecule has 1 aromatic heterocycles. The molecular weight excluding hydrogens is 449 g/mol. The molecular formula is C23H33F3N6O2. The predicted octanol–water partition coefficient (Wildman–Crippen LogP) is 3.39. The van der Waals surface area contributed by atoms with Crippen molar-refractivity contribution < 1.29 is 22.7 Å². The first kappa shape index (κ1) is 25.7. The van der Waals surface area contributed by atoms with Crippen molar-refractivity contribution in [2.75, 3.05) is 38.6 Å². The van der Waals surface area contributed by atoms with Gasteiger partial charge >= 0.3 is 6.18 Å². The van der Waals surface area contributed by atoms with Gasteiger partial charge in [0.2, 0.25) is 0 Å². The molecule has 2 aliphatic rings. The van der Waals surface area contributed by atoms with Crippen molar-refractivity contribution in [3.8, 4) is 5.75 Å². The number of nitrogens with one attached hydrogen (secondary N) is 2. The molecule has 1 saturated carbocycles. The van der Waals surface area contributed by atoms with E-state index in [0.717, 1.165) is 29.5 Å². The van der Waals surface area contributed by atoms with E-state index in [4.69, 9.17) is 16.3 Å². The zero-order valence-corrected chi connectivity index (χ0v) is 19.5. The first-order valence-corrected chi connectivity index (χ1v) is 11.3. The van der Waals surface area contributed by atoms with E-state index in [-0.39, 0.29) is 5.70 Å². The van der Waals surface area contributed by atoms with Gasteiger partial charge in [-0.1, -0.05) is 6.42 Å². The average Bonchev–Trinajstić information content (AvgIpc) is 3.42. The predicted molar refractivity (Wildman–Crippen MR) is 126 cm³/mol. The van der Waals surface area contributed by atoms with Gasteiger partial charge in [0.1, 0.15) is 11.4 Å². The number of ether oxygens (including phenoxy) is 1. The van der Waals surface area contributed by atoms with E-state index in [0.29, 0.717) is 37.2 Å². The first-order chi connectivity index (χ1) is 16.1. The van der Waals surface area contributed by atoms with Crippen LogP contribution >= 0.6 is 0 Å². The van der Waals surface area contributed by atoms with E-state index in [1.165, 1.54) is 17.6 Å². The zero-order valence-electron chi connectivity index (χ0n) is 19.5. The molecule has 2 aromatic rings. The third-order valence-electron chi connectivity index (χ3n) is 6.02. The lowest BCUT2D eigenvalue weighted by molar-refractivity contribution is -0.144. The number of anilines is 1. The fourth-order valence-electron chi connectivity index (χ4n) is 4.65. The van der Waals surface area contributed by atoms with Crippen molar-refractivity contribution in [2.24, 2.45) is 23.4 Å². The van der Waals surface area contributed by atoms with Gasteiger partial charge in [-0.05, 0) is 49.8 Å². The molecule has 1 aromatic carbocycles. The summed E-state index contributed by atoms with van der Waals surface area (Å²) in [5, 5.41) is 4.81. The van der Waals surface area contributed by atoms with Gasteiger partial charge in [-0.2, -0.15) is 13.2 Å². The average molecular weight is 483 g/mol. The molecule has 0 unspecified atom stereocenters. The maximum absolute atomic E-state index is 12.0. The first-order valence-electron chi connectivity index (χ1n) is 11.3. The number of amides is 1. The summed E-state index contributed by atoms with van der Waals surface area (Å²) in [6, 6.07) is 5.62. The Morgan fingerprint density at radius 2 is 2.00 bits per heavy atom. The van der Waals surface area contributed by atoms with Gasteiger partial charge in [-0.25, -0.2) is 5.84 Å². The van der Waals surface area contributed by atoms with Crippen LogP contribution < -0.4 is 21.6 Å². The van der Waals surface area contributed by atoms with Crippen molar-refractivity contribution in [1.29, 1.82) is 0 Å². The van der Waals surface area contributed by atoms with Crippen molar-refractivity contribution in [3.63, 3.8) is 0 Å². The minimum absolute atomic E-state index is 0.0234. The molecule has 2 fully saturated rings. The molecule has 6 N–H and O–H groups in total. The third-order valence-corrected chi connectivity index (χ3v) is 6.02. The van der Waals surface area contributed by atoms with Crippen LogP contribution in [0, 0.1) is 11.8 Å². The molecule has 8 nitrogen and oxygen atoms in total. The maximum atomic E-state index is 12.0. The van der Waals surface area contributed by atoms with Crippen molar-refractivity contribution in [1.82, 2.24) is 14.9 Å². The van der Waals surface area contributed by atoms with Crippen LogP contribution in [0.5, 0.6) is 5.75 Å². The minimum Gasteiger partial charge on any atom is -0.494 e. The van der Waals surface area contributed by atoms with Crippen LogP contribution in [0.2, 0.25) is 0 Å². The normalized spacial score (nSPS) is 20.6. The van der Waals surface area contributed by atoms with Crippen LogP contribution in [0.3, 0.4) is 0 Å². The second-order valence-corrected chi connectivity index (χ2v) is 8.81. The number of carbonyl (C=O) groups excluding carboxylic acids is 1. The quantitative estimate of drug-likeness (QED) is 0.285. The number of halogens is 3. The van der Waals surface area contributed by atoms with Gasteiger partial charge in [0.15, 0.2) is 0 Å². The number of H-pyrrole nitrogens is 1. The van der Waals surface area contributed by atoms with Crippen LogP contribution in [0.25, 0.3) is 10.9 Å². The van der Waals surface area contributed by atoms with Crippen molar-refractivity contribution in [2.45, 2.75) is 32.4 Å². The van der Waals surface area contributed by atoms with Crippen LogP contribution in [0.1, 0.15) is 26.2 Å². The lowest BCUT2D eigenvalue weighted by Crippen LogP contribution is -2.33. The number of hydrogen-bond acceptors (Lipinski definition) is 6. The van der Waals surface area contributed by atoms with Gasteiger partial charge in [-0.15, -0.1) is 0 Å². The Labute approximate surface area is 197 Å². The van der Waals surface area contributed by atoms with Crippen molar-refractivity contribution >= 4 is 22.5 Å². The standard InChI is InChI=1S/C14H19N5O2.C9H14F3N/c1-3-21-9-4-5-12-10(6-9)13(7-17-12)18-14(20)11(15)8-19(2)16;10-9(11,12)6-13-4-7-2-1-3-8(7)5-13/h4-8,17H,3,15-16H2,1-2H3,(H,18,20);7-8H,1-6H2/b11-8-;/t;7-,8+. The Morgan fingerprint density at radius 3 is 2.59 bits per heavy atom. The highest BCUT2D eigenvalue weighted by Gasteiger charge is 2.40. The highest BCUT2D eigenvalue weighted by Crippen LogP contribution is 2.38. The molecule has 1 aliphatic carbocycles. The number of aromatic nitrogens is 1. The van der Waals surface area contributed by atoms with Gasteiger partial charge in [0.25, 0.3) is 5.91 Å². The van der Waals surface area contributed by atoms with Crippen LogP contribution in [-0.4, -0.2) is 60.3 Å². The number of likely N-dealkylation sites (tertiary alicyclic amines) is 1. The van der Waals surface area contributed by atoms with E-state index in [1.54, 1.807) is 18.1 Å². The van der Waals surface area contributed by atoms with E-state index in [2.05, 4.69) is 10.3 Å². The zero-order chi connectivity index (χ0) is 24.9. The summed E-state index contributed by atoms with van der Waals surface area (Å²) >= 11 is 0. The summed E-state index contributed by atoms with van der Waals surface area (Å²) in [7, 11) is 1.58. The van der Waals surface area contributed by atoms with E-state index >= 15 is 0 Å². The van der Waals surface area contributed by atoms with E-state index < -0.39 is 18.6 Å². The summed E-state index contributed by atoms with van der Waals surface area (Å²) in [6.07, 6.45) is 2.53. The molecule has 11 heteroatoms. The van der Waals surface area contributed by atoms with E-state index in [1.807, 2.05) is 25.1 Å². The molecule has 2 atom stereocenters. The molecule has 0 spiro atoms. The number of hydrogen-bond donors (Lipinski definition) is 4. The molecule has 1 aliphatic heterocycles. The monoisotopic (exact) mass is 482 g/mol.